The highest BCUT2D eigenvalue weighted by Crippen LogP contribution is 2.28. The molecule has 1 aromatic heterocycles. The van der Waals surface area contributed by atoms with Crippen LogP contribution in [0.4, 0.5) is 10.5 Å². The molecule has 2 aromatic carbocycles. The third-order valence-corrected chi connectivity index (χ3v) is 5.98. The second-order valence-corrected chi connectivity index (χ2v) is 8.41. The van der Waals surface area contributed by atoms with Gasteiger partial charge in [0.25, 0.3) is 11.8 Å². The van der Waals surface area contributed by atoms with Crippen LogP contribution < -0.4 is 10.2 Å². The van der Waals surface area contributed by atoms with E-state index >= 15 is 0 Å². The van der Waals surface area contributed by atoms with Gasteiger partial charge in [0.15, 0.2) is 0 Å². The van der Waals surface area contributed by atoms with Gasteiger partial charge in [0.2, 0.25) is 0 Å². The van der Waals surface area contributed by atoms with Crippen LogP contribution in [-0.4, -0.2) is 33.5 Å². The first-order chi connectivity index (χ1) is 16.1. The number of aromatic nitrogens is 1. The van der Waals surface area contributed by atoms with Crippen LogP contribution in [0.5, 0.6) is 0 Å². The van der Waals surface area contributed by atoms with Crippen LogP contribution >= 0.6 is 23.2 Å². The van der Waals surface area contributed by atoms with E-state index in [0.717, 1.165) is 10.6 Å². The molecule has 10 heteroatoms. The minimum Gasteiger partial charge on any atom is -0.478 e. The molecule has 0 saturated carbocycles. The summed E-state index contributed by atoms with van der Waals surface area (Å²) in [4.78, 5) is 50.4. The van der Waals surface area contributed by atoms with Crippen molar-refractivity contribution in [3.05, 3.63) is 86.7 Å². The largest absolute Gasteiger partial charge is 0.478 e. The summed E-state index contributed by atoms with van der Waals surface area (Å²) in [5.41, 5.74) is 2.48. The fourth-order valence-corrected chi connectivity index (χ4v) is 4.11. The predicted octanol–water partition coefficient (Wildman–Crippen LogP) is 4.77. The molecule has 0 aliphatic carbocycles. The maximum Gasteiger partial charge on any atom is 0.337 e. The third-order valence-electron chi connectivity index (χ3n) is 5.40. The molecule has 0 atom stereocenters. The fraction of sp³-hybridized carbons (Fsp3) is 0.0833. The number of imide groups is 2. The van der Waals surface area contributed by atoms with E-state index in [1.165, 1.54) is 42.5 Å². The number of halogens is 2. The Morgan fingerprint density at radius 3 is 2.26 bits per heavy atom. The lowest BCUT2D eigenvalue weighted by molar-refractivity contribution is -0.122. The number of benzene rings is 2. The summed E-state index contributed by atoms with van der Waals surface area (Å²) in [5.74, 6) is -2.75. The maximum absolute atomic E-state index is 13.1. The van der Waals surface area contributed by atoms with E-state index in [4.69, 9.17) is 23.2 Å². The zero-order valence-electron chi connectivity index (χ0n) is 17.9. The molecular weight excluding hydrogens is 481 g/mol. The van der Waals surface area contributed by atoms with E-state index in [0.29, 0.717) is 22.0 Å². The number of nitrogens with zero attached hydrogens (tertiary/aromatic N) is 2. The molecule has 1 fully saturated rings. The van der Waals surface area contributed by atoms with Crippen molar-refractivity contribution in [2.45, 2.75) is 13.8 Å². The molecule has 3 aromatic rings. The Kier molecular flexibility index (Phi) is 6.03. The van der Waals surface area contributed by atoms with Gasteiger partial charge in [0.1, 0.15) is 5.57 Å². The number of rotatable bonds is 4. The van der Waals surface area contributed by atoms with Crippen LogP contribution in [0.15, 0.2) is 54.1 Å². The number of hydrogen-bond acceptors (Lipinski definition) is 4. The molecule has 34 heavy (non-hydrogen) atoms. The van der Waals surface area contributed by atoms with E-state index in [-0.39, 0.29) is 21.8 Å². The normalized spacial score (nSPS) is 15.1. The molecule has 172 valence electrons. The number of hydrogen-bond donors (Lipinski definition) is 2. The monoisotopic (exact) mass is 497 g/mol. The summed E-state index contributed by atoms with van der Waals surface area (Å²) in [5, 5.41) is 12.1. The van der Waals surface area contributed by atoms with E-state index in [9.17, 15) is 24.3 Å². The molecule has 0 spiro atoms. The van der Waals surface area contributed by atoms with Crippen LogP contribution in [0, 0.1) is 13.8 Å². The minimum absolute atomic E-state index is 0.0504. The van der Waals surface area contributed by atoms with Crippen LogP contribution in [0.3, 0.4) is 0 Å². The highest BCUT2D eigenvalue weighted by atomic mass is 35.5. The number of carboxylic acids is 1. The van der Waals surface area contributed by atoms with Crippen LogP contribution in [0.2, 0.25) is 10.0 Å². The Labute approximate surface area is 204 Å². The molecule has 4 amide bonds. The summed E-state index contributed by atoms with van der Waals surface area (Å²) >= 11 is 11.9. The molecule has 2 N–H and O–H groups in total. The zero-order chi connectivity index (χ0) is 24.7. The summed E-state index contributed by atoms with van der Waals surface area (Å²) in [7, 11) is 0. The van der Waals surface area contributed by atoms with Gasteiger partial charge in [-0.2, -0.15) is 0 Å². The number of aromatic carboxylic acids is 1. The standard InChI is InChI=1S/C24H17Cl2N3O5/c1-12-9-14(13(2)28(12)17-7-8-20(26)18(11-17)23(32)33)10-19-21(30)27-24(34)29(22(19)31)16-5-3-15(25)4-6-16/h3-11H,1-2H3,(H,32,33)(H,27,30,34)/b19-10+. The van der Waals surface area contributed by atoms with Gasteiger partial charge in [0, 0.05) is 22.1 Å². The van der Waals surface area contributed by atoms with Gasteiger partial charge in [0.05, 0.1) is 16.3 Å². The van der Waals surface area contributed by atoms with Crippen molar-refractivity contribution in [1.82, 2.24) is 9.88 Å². The Hall–Kier alpha value is -3.88. The molecule has 1 aliphatic rings. The molecule has 4 rings (SSSR count). The van der Waals surface area contributed by atoms with E-state index < -0.39 is 23.8 Å². The van der Waals surface area contributed by atoms with Crippen molar-refractivity contribution >= 4 is 58.8 Å². The molecule has 1 saturated heterocycles. The average molecular weight is 498 g/mol. The van der Waals surface area contributed by atoms with Gasteiger partial charge in [-0.15, -0.1) is 0 Å². The molecule has 0 unspecified atom stereocenters. The number of aryl methyl sites for hydroxylation is 1. The van der Waals surface area contributed by atoms with Crippen LogP contribution in [-0.2, 0) is 9.59 Å². The summed E-state index contributed by atoms with van der Waals surface area (Å²) in [6.07, 6.45) is 1.40. The first-order valence-electron chi connectivity index (χ1n) is 9.97. The number of barbiturate groups is 1. The molecule has 0 radical (unpaired) electrons. The van der Waals surface area contributed by atoms with E-state index in [1.54, 1.807) is 30.5 Å². The van der Waals surface area contributed by atoms with E-state index in [1.807, 2.05) is 0 Å². The van der Waals surface area contributed by atoms with Crippen molar-refractivity contribution < 1.29 is 24.3 Å². The van der Waals surface area contributed by atoms with Gasteiger partial charge in [-0.1, -0.05) is 23.2 Å². The molecular formula is C24H17Cl2N3O5. The van der Waals surface area contributed by atoms with Crippen LogP contribution in [0.25, 0.3) is 11.8 Å². The number of amides is 4. The summed E-state index contributed by atoms with van der Waals surface area (Å²) in [6, 6.07) is 11.6. The van der Waals surface area contributed by atoms with Crippen molar-refractivity contribution in [3.8, 4) is 5.69 Å². The minimum atomic E-state index is -1.16. The van der Waals surface area contributed by atoms with Crippen molar-refractivity contribution in [3.63, 3.8) is 0 Å². The fourth-order valence-electron chi connectivity index (χ4n) is 3.78. The Bertz CT molecular complexity index is 1410. The van der Waals surface area contributed by atoms with Crippen molar-refractivity contribution in [2.24, 2.45) is 0 Å². The summed E-state index contributed by atoms with van der Waals surface area (Å²) in [6.45, 7) is 3.57. The molecule has 8 nitrogen and oxygen atoms in total. The second-order valence-electron chi connectivity index (χ2n) is 7.57. The predicted molar refractivity (Wildman–Crippen MR) is 128 cm³/mol. The zero-order valence-corrected chi connectivity index (χ0v) is 19.4. The van der Waals surface area contributed by atoms with Gasteiger partial charge in [-0.25, -0.2) is 14.5 Å². The lowest BCUT2D eigenvalue weighted by Gasteiger charge is -2.26. The van der Waals surface area contributed by atoms with Crippen molar-refractivity contribution in [2.75, 3.05) is 4.90 Å². The van der Waals surface area contributed by atoms with Crippen molar-refractivity contribution in [1.29, 1.82) is 0 Å². The number of nitrogens with one attached hydrogen (secondary N) is 1. The quantitative estimate of drug-likeness (QED) is 0.398. The molecule has 0 bridgehead atoms. The number of carbonyl (C=O) groups excluding carboxylic acids is 3. The van der Waals surface area contributed by atoms with Gasteiger partial charge < -0.3 is 9.67 Å². The first kappa shape index (κ1) is 23.3. The first-order valence-corrected chi connectivity index (χ1v) is 10.7. The Balaban J connectivity index is 1.77. The number of anilines is 1. The highest BCUT2D eigenvalue weighted by molar-refractivity contribution is 6.39. The lowest BCUT2D eigenvalue weighted by atomic mass is 10.1. The lowest BCUT2D eigenvalue weighted by Crippen LogP contribution is -2.54. The number of carboxylic acid groups (broad SMARTS) is 1. The summed E-state index contributed by atoms with van der Waals surface area (Å²) < 4.78 is 1.78. The van der Waals surface area contributed by atoms with Gasteiger partial charge in [-0.05, 0) is 74.0 Å². The highest BCUT2D eigenvalue weighted by Gasteiger charge is 2.37. The number of carbonyl (C=O) groups is 4. The SMILES string of the molecule is Cc1cc(/C=C2\C(=O)NC(=O)N(c3ccc(Cl)cc3)C2=O)c(C)n1-c1ccc(Cl)c(C(=O)O)c1. The second kappa shape index (κ2) is 8.81. The Morgan fingerprint density at radius 1 is 0.971 bits per heavy atom. The maximum atomic E-state index is 13.1. The molecule has 2 heterocycles. The number of urea groups is 1. The average Bonchev–Trinajstić information content (AvgIpc) is 3.05. The smallest absolute Gasteiger partial charge is 0.337 e. The Morgan fingerprint density at radius 2 is 1.62 bits per heavy atom. The molecule has 1 aliphatic heterocycles. The van der Waals surface area contributed by atoms with Crippen LogP contribution in [0.1, 0.15) is 27.3 Å². The van der Waals surface area contributed by atoms with E-state index in [2.05, 4.69) is 5.32 Å². The van der Waals surface area contributed by atoms with Gasteiger partial charge >= 0.3 is 12.0 Å². The topological polar surface area (TPSA) is 109 Å². The van der Waals surface area contributed by atoms with Gasteiger partial charge in [-0.3, -0.25) is 14.9 Å². The third kappa shape index (κ3) is 4.09.